The van der Waals surface area contributed by atoms with Crippen molar-refractivity contribution < 1.29 is 4.92 Å². The highest BCUT2D eigenvalue weighted by molar-refractivity contribution is 5.47. The van der Waals surface area contributed by atoms with Gasteiger partial charge in [0.15, 0.2) is 5.82 Å². The van der Waals surface area contributed by atoms with Crippen molar-refractivity contribution >= 4 is 11.5 Å². The molecule has 0 aliphatic carbocycles. The summed E-state index contributed by atoms with van der Waals surface area (Å²) in [6.45, 7) is 1.57. The van der Waals surface area contributed by atoms with Gasteiger partial charge in [-0.1, -0.05) is 0 Å². The first-order chi connectivity index (χ1) is 6.56. The molecule has 0 saturated heterocycles. The van der Waals surface area contributed by atoms with Crippen molar-refractivity contribution in [2.75, 3.05) is 12.1 Å². The molecule has 1 rings (SSSR count). The van der Waals surface area contributed by atoms with Crippen LogP contribution in [0.5, 0.6) is 0 Å². The van der Waals surface area contributed by atoms with Crippen LogP contribution in [0.4, 0.5) is 11.5 Å². The molecule has 0 spiro atoms. The van der Waals surface area contributed by atoms with Crippen LogP contribution in [0, 0.1) is 21.9 Å². The zero-order valence-corrected chi connectivity index (χ0v) is 7.67. The Morgan fingerprint density at radius 3 is 2.71 bits per heavy atom. The minimum Gasteiger partial charge on any atom is -0.258 e. The number of nitro groups is 1. The van der Waals surface area contributed by atoms with Crippen molar-refractivity contribution in [2.45, 2.75) is 6.92 Å². The van der Waals surface area contributed by atoms with Crippen molar-refractivity contribution in [2.24, 2.45) is 5.29 Å². The minimum absolute atomic E-state index is 0.0759. The highest BCUT2D eigenvalue weighted by atomic mass is 16.6. The van der Waals surface area contributed by atoms with Crippen molar-refractivity contribution in [3.8, 4) is 0 Å². The van der Waals surface area contributed by atoms with E-state index in [1.54, 1.807) is 6.92 Å². The lowest BCUT2D eigenvalue weighted by Gasteiger charge is -2.07. The van der Waals surface area contributed by atoms with Crippen LogP contribution in [0.3, 0.4) is 0 Å². The number of pyridine rings is 1. The quantitative estimate of drug-likeness (QED) is 0.414. The third-order valence-electron chi connectivity index (χ3n) is 1.72. The van der Waals surface area contributed by atoms with Gasteiger partial charge in [0, 0.05) is 12.6 Å². The average Bonchev–Trinajstić information content (AvgIpc) is 2.15. The fourth-order valence-electron chi connectivity index (χ4n) is 0.944. The van der Waals surface area contributed by atoms with E-state index in [1.807, 2.05) is 0 Å². The summed E-state index contributed by atoms with van der Waals surface area (Å²) in [7, 11) is 1.42. The molecule has 1 aromatic rings. The Bertz CT molecular complexity index is 379. The molecule has 0 amide bonds. The Morgan fingerprint density at radius 1 is 1.64 bits per heavy atom. The number of hydrogen-bond acceptors (Lipinski definition) is 5. The normalized spacial score (nSPS) is 9.57. The van der Waals surface area contributed by atoms with Gasteiger partial charge in [-0.25, -0.2) is 9.99 Å². The summed E-state index contributed by atoms with van der Waals surface area (Å²) in [5.41, 5.74) is 0.364. The molecule has 74 valence electrons. The molecular formula is C7H8N4O3. The predicted molar refractivity (Wildman–Crippen MR) is 49.8 cm³/mol. The van der Waals surface area contributed by atoms with Gasteiger partial charge in [-0.2, -0.15) is 0 Å². The predicted octanol–water partition coefficient (Wildman–Crippen LogP) is 1.42. The Kier molecular flexibility index (Phi) is 2.70. The zero-order valence-electron chi connectivity index (χ0n) is 7.67. The van der Waals surface area contributed by atoms with Crippen LogP contribution in [0.25, 0.3) is 0 Å². The largest absolute Gasteiger partial charge is 0.290 e. The third-order valence-corrected chi connectivity index (χ3v) is 1.72. The maximum atomic E-state index is 10.4. The second kappa shape index (κ2) is 3.77. The second-order valence-corrected chi connectivity index (χ2v) is 2.69. The molecule has 14 heavy (non-hydrogen) atoms. The number of hydrogen-bond donors (Lipinski definition) is 0. The van der Waals surface area contributed by atoms with E-state index in [1.165, 1.54) is 13.1 Å². The van der Waals surface area contributed by atoms with Gasteiger partial charge < -0.3 is 0 Å². The lowest BCUT2D eigenvalue weighted by Crippen LogP contribution is -2.09. The van der Waals surface area contributed by atoms with E-state index in [0.717, 1.165) is 11.2 Å². The molecule has 0 aliphatic heterocycles. The van der Waals surface area contributed by atoms with Crippen LogP contribution in [0.1, 0.15) is 5.56 Å². The Balaban J connectivity index is 3.12. The standard InChI is InChI=1S/C7H8N4O3/c1-5-3-7(10(2)9-12)8-4-6(5)11(13)14/h3-4H,1-2H3. The number of nitrogens with zero attached hydrogens (tertiary/aromatic N) is 4. The van der Waals surface area contributed by atoms with Crippen LogP contribution in [0.2, 0.25) is 0 Å². The fraction of sp³-hybridized carbons (Fsp3) is 0.286. The van der Waals surface area contributed by atoms with Crippen molar-refractivity contribution in [3.05, 3.63) is 32.8 Å². The van der Waals surface area contributed by atoms with E-state index >= 15 is 0 Å². The molecule has 0 radical (unpaired) electrons. The first kappa shape index (κ1) is 10.0. The third kappa shape index (κ3) is 1.82. The van der Waals surface area contributed by atoms with Crippen LogP contribution >= 0.6 is 0 Å². The van der Waals surface area contributed by atoms with E-state index in [2.05, 4.69) is 10.3 Å². The van der Waals surface area contributed by atoms with Gasteiger partial charge in [0.2, 0.25) is 0 Å². The summed E-state index contributed by atoms with van der Waals surface area (Å²) < 4.78 is 0. The molecule has 1 heterocycles. The van der Waals surface area contributed by atoms with Gasteiger partial charge in [0.25, 0.3) is 5.69 Å². The summed E-state index contributed by atoms with van der Waals surface area (Å²) in [5.74, 6) is 0.281. The topological polar surface area (TPSA) is 88.7 Å². The molecule has 0 fully saturated rings. The van der Waals surface area contributed by atoms with Crippen LogP contribution in [-0.2, 0) is 0 Å². The monoisotopic (exact) mass is 196 g/mol. The molecule has 7 heteroatoms. The maximum absolute atomic E-state index is 10.4. The summed E-state index contributed by atoms with van der Waals surface area (Å²) in [6, 6.07) is 1.43. The summed E-state index contributed by atoms with van der Waals surface area (Å²) in [5, 5.41) is 14.1. The van der Waals surface area contributed by atoms with Crippen molar-refractivity contribution in [3.63, 3.8) is 0 Å². The molecule has 0 saturated carbocycles. The van der Waals surface area contributed by atoms with E-state index in [-0.39, 0.29) is 11.5 Å². The highest BCUT2D eigenvalue weighted by Crippen LogP contribution is 2.20. The van der Waals surface area contributed by atoms with Gasteiger partial charge >= 0.3 is 0 Å². The molecule has 0 bridgehead atoms. The van der Waals surface area contributed by atoms with Crippen LogP contribution < -0.4 is 5.01 Å². The smallest absolute Gasteiger partial charge is 0.258 e. The van der Waals surface area contributed by atoms with Gasteiger partial charge in [0.05, 0.1) is 10.2 Å². The van der Waals surface area contributed by atoms with Gasteiger partial charge in [-0.05, 0) is 13.0 Å². The summed E-state index contributed by atoms with van der Waals surface area (Å²) in [6.07, 6.45) is 1.10. The number of nitroso groups, excluding NO2 is 1. The lowest BCUT2D eigenvalue weighted by atomic mass is 10.2. The Labute approximate surface area is 79.5 Å². The second-order valence-electron chi connectivity index (χ2n) is 2.69. The molecule has 0 unspecified atom stereocenters. The average molecular weight is 196 g/mol. The Morgan fingerprint density at radius 2 is 2.29 bits per heavy atom. The summed E-state index contributed by atoms with van der Waals surface area (Å²) in [4.78, 5) is 23.8. The first-order valence-corrected chi connectivity index (χ1v) is 3.74. The van der Waals surface area contributed by atoms with E-state index < -0.39 is 4.92 Å². The summed E-state index contributed by atoms with van der Waals surface area (Å²) >= 11 is 0. The number of aryl methyl sites for hydroxylation is 1. The van der Waals surface area contributed by atoms with Crippen molar-refractivity contribution in [1.29, 1.82) is 0 Å². The zero-order chi connectivity index (χ0) is 10.7. The number of anilines is 1. The SMILES string of the molecule is Cc1cc(N(C)N=O)ncc1[N+](=O)[O-]. The lowest BCUT2D eigenvalue weighted by molar-refractivity contribution is -0.385. The van der Waals surface area contributed by atoms with Crippen LogP contribution in [0.15, 0.2) is 17.5 Å². The van der Waals surface area contributed by atoms with E-state index in [9.17, 15) is 15.0 Å². The molecule has 1 aromatic heterocycles. The molecule has 0 aromatic carbocycles. The first-order valence-electron chi connectivity index (χ1n) is 3.74. The van der Waals surface area contributed by atoms with E-state index in [0.29, 0.717) is 5.56 Å². The minimum atomic E-state index is -0.527. The number of aromatic nitrogens is 1. The molecule has 0 N–H and O–H groups in total. The number of rotatable bonds is 3. The highest BCUT2D eigenvalue weighted by Gasteiger charge is 2.13. The van der Waals surface area contributed by atoms with Crippen molar-refractivity contribution in [1.82, 2.24) is 4.98 Å². The molecule has 0 aliphatic rings. The van der Waals surface area contributed by atoms with Gasteiger partial charge in [-0.3, -0.25) is 10.1 Å². The fourth-order valence-corrected chi connectivity index (χ4v) is 0.944. The van der Waals surface area contributed by atoms with Gasteiger partial charge in [-0.15, -0.1) is 4.91 Å². The van der Waals surface area contributed by atoms with Crippen LogP contribution in [-0.4, -0.2) is 17.0 Å². The van der Waals surface area contributed by atoms with Gasteiger partial charge in [0.1, 0.15) is 6.20 Å². The molecule has 0 atom stereocenters. The Hall–Kier alpha value is -2.05. The molecule has 7 nitrogen and oxygen atoms in total. The maximum Gasteiger partial charge on any atom is 0.290 e. The van der Waals surface area contributed by atoms with E-state index in [4.69, 9.17) is 0 Å². The molecular weight excluding hydrogens is 188 g/mol.